The smallest absolute Gasteiger partial charge is 0.306 e. The van der Waals surface area contributed by atoms with Crippen molar-refractivity contribution in [3.05, 3.63) is 0 Å². The van der Waals surface area contributed by atoms with E-state index in [-0.39, 0.29) is 31.1 Å². The molecule has 0 aliphatic heterocycles. The maximum Gasteiger partial charge on any atom is 0.306 e. The average molecular weight is 751 g/mol. The Balaban J connectivity index is 4.26. The van der Waals surface area contributed by atoms with Crippen LogP contribution in [0.5, 0.6) is 0 Å². The third kappa shape index (κ3) is 39.9. The number of hydrogen-bond acceptors (Lipinski definition) is 6. The van der Waals surface area contributed by atoms with E-state index < -0.39 is 6.10 Å². The molecule has 2 atom stereocenters. The van der Waals surface area contributed by atoms with Gasteiger partial charge in [0.1, 0.15) is 13.2 Å². The van der Waals surface area contributed by atoms with Crippen LogP contribution in [0.4, 0.5) is 0 Å². The standard InChI is InChI=1S/C47H90O6/c1-5-8-10-12-14-15-16-17-18-19-23-27-31-35-39-46(49)52-42-44(41-51-45(48)38-34-30-25-13-11-9-6-2)53-47(50)40-36-32-28-24-21-20-22-26-29-33-37-43(4)7-3/h43-44H,5-42H2,1-4H3/t43?,44-/m1/s1. The van der Waals surface area contributed by atoms with E-state index in [9.17, 15) is 14.4 Å². The highest BCUT2D eigenvalue weighted by atomic mass is 16.6. The second-order valence-corrected chi connectivity index (χ2v) is 16.3. The van der Waals surface area contributed by atoms with Crippen molar-refractivity contribution in [2.24, 2.45) is 5.92 Å². The maximum absolute atomic E-state index is 12.7. The molecule has 0 spiro atoms. The summed E-state index contributed by atoms with van der Waals surface area (Å²) in [6.07, 6.45) is 40.9. The van der Waals surface area contributed by atoms with E-state index in [4.69, 9.17) is 14.2 Å². The molecule has 6 heteroatoms. The summed E-state index contributed by atoms with van der Waals surface area (Å²) >= 11 is 0. The summed E-state index contributed by atoms with van der Waals surface area (Å²) in [6, 6.07) is 0. The fraction of sp³-hybridized carbons (Fsp3) is 0.936. The highest BCUT2D eigenvalue weighted by Gasteiger charge is 2.19. The Morgan fingerprint density at radius 1 is 0.377 bits per heavy atom. The molecule has 0 aromatic rings. The zero-order valence-corrected chi connectivity index (χ0v) is 36.0. The summed E-state index contributed by atoms with van der Waals surface area (Å²) in [4.78, 5) is 37.6. The van der Waals surface area contributed by atoms with Gasteiger partial charge in [0.2, 0.25) is 0 Å². The first-order chi connectivity index (χ1) is 25.9. The zero-order chi connectivity index (χ0) is 38.9. The number of carbonyl (C=O) groups is 3. The van der Waals surface area contributed by atoms with Gasteiger partial charge in [0.25, 0.3) is 0 Å². The van der Waals surface area contributed by atoms with Crippen LogP contribution >= 0.6 is 0 Å². The van der Waals surface area contributed by atoms with Crippen LogP contribution in [0.1, 0.15) is 259 Å². The predicted molar refractivity (Wildman–Crippen MR) is 224 cm³/mol. The van der Waals surface area contributed by atoms with Gasteiger partial charge in [-0.05, 0) is 25.2 Å². The van der Waals surface area contributed by atoms with E-state index in [0.29, 0.717) is 19.3 Å². The number of carbonyl (C=O) groups excluding carboxylic acids is 3. The first-order valence-electron chi connectivity index (χ1n) is 23.4. The Bertz CT molecular complexity index is 798. The maximum atomic E-state index is 12.7. The number of hydrogen-bond donors (Lipinski definition) is 0. The molecular formula is C47H90O6. The fourth-order valence-electron chi connectivity index (χ4n) is 6.95. The molecule has 0 amide bonds. The molecule has 0 saturated carbocycles. The Morgan fingerprint density at radius 2 is 0.660 bits per heavy atom. The number of unbranched alkanes of at least 4 members (excludes halogenated alkanes) is 28. The quantitative estimate of drug-likeness (QED) is 0.0351. The minimum absolute atomic E-state index is 0.0640. The van der Waals surface area contributed by atoms with E-state index >= 15 is 0 Å². The second-order valence-electron chi connectivity index (χ2n) is 16.3. The van der Waals surface area contributed by atoms with Gasteiger partial charge < -0.3 is 14.2 Å². The lowest BCUT2D eigenvalue weighted by atomic mass is 9.99. The van der Waals surface area contributed by atoms with Crippen molar-refractivity contribution in [2.75, 3.05) is 13.2 Å². The molecule has 0 N–H and O–H groups in total. The summed E-state index contributed by atoms with van der Waals surface area (Å²) in [5.74, 6) is 0.00905. The summed E-state index contributed by atoms with van der Waals surface area (Å²) in [5, 5.41) is 0. The topological polar surface area (TPSA) is 78.9 Å². The molecule has 0 aromatic heterocycles. The first-order valence-corrected chi connectivity index (χ1v) is 23.4. The van der Waals surface area contributed by atoms with Crippen molar-refractivity contribution in [1.29, 1.82) is 0 Å². The average Bonchev–Trinajstić information content (AvgIpc) is 3.15. The van der Waals surface area contributed by atoms with Crippen molar-refractivity contribution in [3.63, 3.8) is 0 Å². The predicted octanol–water partition coefficient (Wildman–Crippen LogP) is 14.7. The third-order valence-electron chi connectivity index (χ3n) is 10.9. The normalized spacial score (nSPS) is 12.5. The molecule has 6 nitrogen and oxygen atoms in total. The van der Waals surface area contributed by atoms with Crippen molar-refractivity contribution in [1.82, 2.24) is 0 Å². The van der Waals surface area contributed by atoms with Crippen LogP contribution in [0.3, 0.4) is 0 Å². The number of rotatable bonds is 42. The Labute approximate surface area is 329 Å². The number of ether oxygens (including phenoxy) is 3. The van der Waals surface area contributed by atoms with E-state index in [2.05, 4.69) is 27.7 Å². The van der Waals surface area contributed by atoms with Gasteiger partial charge >= 0.3 is 17.9 Å². The van der Waals surface area contributed by atoms with Gasteiger partial charge in [-0.15, -0.1) is 0 Å². The van der Waals surface area contributed by atoms with Crippen LogP contribution in [-0.4, -0.2) is 37.2 Å². The lowest BCUT2D eigenvalue weighted by molar-refractivity contribution is -0.167. The molecule has 0 radical (unpaired) electrons. The van der Waals surface area contributed by atoms with Gasteiger partial charge in [0.05, 0.1) is 0 Å². The van der Waals surface area contributed by atoms with Crippen LogP contribution in [0, 0.1) is 5.92 Å². The molecule has 314 valence electrons. The largest absolute Gasteiger partial charge is 0.462 e. The molecule has 53 heavy (non-hydrogen) atoms. The van der Waals surface area contributed by atoms with E-state index in [1.165, 1.54) is 154 Å². The lowest BCUT2D eigenvalue weighted by Gasteiger charge is -2.18. The van der Waals surface area contributed by atoms with Crippen molar-refractivity contribution < 1.29 is 28.6 Å². The molecule has 0 fully saturated rings. The SMILES string of the molecule is CCCCCCCCCCCCCCCCC(=O)OC[C@@H](COC(=O)CCCCCCCCC)OC(=O)CCCCCCCCCCCCC(C)CC. The van der Waals surface area contributed by atoms with Gasteiger partial charge in [-0.25, -0.2) is 0 Å². The zero-order valence-electron chi connectivity index (χ0n) is 36.0. The van der Waals surface area contributed by atoms with E-state index in [1.807, 2.05) is 0 Å². The molecule has 0 aliphatic carbocycles. The Morgan fingerprint density at radius 3 is 0.981 bits per heavy atom. The van der Waals surface area contributed by atoms with Crippen LogP contribution in [0.15, 0.2) is 0 Å². The van der Waals surface area contributed by atoms with Crippen molar-refractivity contribution >= 4 is 17.9 Å². The van der Waals surface area contributed by atoms with Gasteiger partial charge in [-0.1, -0.05) is 220 Å². The first kappa shape index (κ1) is 51.4. The van der Waals surface area contributed by atoms with Crippen LogP contribution < -0.4 is 0 Å². The molecule has 0 aliphatic rings. The van der Waals surface area contributed by atoms with E-state index in [0.717, 1.165) is 63.7 Å². The molecule has 0 saturated heterocycles. The molecule has 0 aromatic carbocycles. The summed E-state index contributed by atoms with van der Waals surface area (Å²) in [5.41, 5.74) is 0. The second kappa shape index (κ2) is 41.6. The highest BCUT2D eigenvalue weighted by Crippen LogP contribution is 2.17. The monoisotopic (exact) mass is 751 g/mol. The van der Waals surface area contributed by atoms with Crippen molar-refractivity contribution in [2.45, 2.75) is 265 Å². The minimum atomic E-state index is -0.758. The molecule has 0 bridgehead atoms. The Hall–Kier alpha value is -1.59. The van der Waals surface area contributed by atoms with Gasteiger partial charge in [-0.2, -0.15) is 0 Å². The third-order valence-corrected chi connectivity index (χ3v) is 10.9. The van der Waals surface area contributed by atoms with Gasteiger partial charge in [-0.3, -0.25) is 14.4 Å². The van der Waals surface area contributed by atoms with Crippen molar-refractivity contribution in [3.8, 4) is 0 Å². The highest BCUT2D eigenvalue weighted by molar-refractivity contribution is 5.71. The molecular weight excluding hydrogens is 661 g/mol. The molecule has 0 heterocycles. The molecule has 0 rings (SSSR count). The van der Waals surface area contributed by atoms with E-state index in [1.54, 1.807) is 0 Å². The fourth-order valence-corrected chi connectivity index (χ4v) is 6.95. The summed E-state index contributed by atoms with van der Waals surface area (Å²) in [6.45, 7) is 8.99. The van der Waals surface area contributed by atoms with Crippen LogP contribution in [-0.2, 0) is 28.6 Å². The van der Waals surface area contributed by atoms with Crippen LogP contribution in [0.25, 0.3) is 0 Å². The van der Waals surface area contributed by atoms with Gasteiger partial charge in [0.15, 0.2) is 6.10 Å². The van der Waals surface area contributed by atoms with Gasteiger partial charge in [0, 0.05) is 19.3 Å². The van der Waals surface area contributed by atoms with Crippen LogP contribution in [0.2, 0.25) is 0 Å². The lowest BCUT2D eigenvalue weighted by Crippen LogP contribution is -2.30. The Kier molecular flexibility index (Phi) is 40.3. The summed E-state index contributed by atoms with van der Waals surface area (Å²) in [7, 11) is 0. The molecule has 1 unspecified atom stereocenters. The summed E-state index contributed by atoms with van der Waals surface area (Å²) < 4.78 is 16.7. The number of esters is 3. The minimum Gasteiger partial charge on any atom is -0.462 e.